The van der Waals surface area contributed by atoms with Crippen LogP contribution in [0.15, 0.2) is 43.1 Å². The molecular weight excluding hydrogens is 664 g/mol. The second-order valence-electron chi connectivity index (χ2n) is 14.3. The van der Waals surface area contributed by atoms with Crippen LogP contribution in [0, 0.1) is 11.3 Å². The first-order valence-electron chi connectivity index (χ1n) is 17.0. The molecule has 0 bridgehead atoms. The molecule has 1 aromatic carbocycles. The fourth-order valence-electron chi connectivity index (χ4n) is 6.44. The largest absolute Gasteiger partial charge is 0.497 e. The van der Waals surface area contributed by atoms with Crippen molar-refractivity contribution in [1.29, 1.82) is 0 Å². The summed E-state index contributed by atoms with van der Waals surface area (Å²) in [6.07, 6.45) is 3.54. The minimum absolute atomic E-state index is 0.0149. The molecule has 272 valence electrons. The van der Waals surface area contributed by atoms with Crippen molar-refractivity contribution in [2.45, 2.75) is 89.3 Å². The van der Waals surface area contributed by atoms with Crippen LogP contribution < -0.4 is 24.8 Å². The summed E-state index contributed by atoms with van der Waals surface area (Å²) in [4.78, 5) is 62.7. The van der Waals surface area contributed by atoms with E-state index in [2.05, 4.69) is 26.9 Å². The molecule has 3 N–H and O–H groups in total. The highest BCUT2D eigenvalue weighted by molar-refractivity contribution is 7.91. The molecule has 50 heavy (non-hydrogen) atoms. The third-order valence-corrected chi connectivity index (χ3v) is 11.6. The number of sulfonamides is 1. The van der Waals surface area contributed by atoms with Gasteiger partial charge in [0.15, 0.2) is 0 Å². The molecule has 1 aliphatic heterocycles. The summed E-state index contributed by atoms with van der Waals surface area (Å²) >= 11 is 0. The Bertz CT molecular complexity index is 1770. The minimum Gasteiger partial charge on any atom is -0.497 e. The number of ether oxygens (including phenoxy) is 2. The second-order valence-corrected chi connectivity index (χ2v) is 16.2. The fourth-order valence-corrected chi connectivity index (χ4v) is 7.81. The summed E-state index contributed by atoms with van der Waals surface area (Å²) in [5.74, 6) is -1.52. The van der Waals surface area contributed by atoms with Gasteiger partial charge in [-0.15, -0.1) is 6.58 Å². The van der Waals surface area contributed by atoms with Gasteiger partial charge in [0.2, 0.25) is 27.7 Å². The molecular formula is C35H48N6O8S. The number of urea groups is 1. The van der Waals surface area contributed by atoms with Gasteiger partial charge in [-0.05, 0) is 68.2 Å². The van der Waals surface area contributed by atoms with Crippen LogP contribution in [0.5, 0.6) is 11.6 Å². The van der Waals surface area contributed by atoms with Crippen LogP contribution in [0.4, 0.5) is 4.79 Å². The van der Waals surface area contributed by atoms with E-state index in [1.165, 1.54) is 11.0 Å². The third-order valence-electron chi connectivity index (χ3n) is 9.74. The zero-order chi connectivity index (χ0) is 36.6. The molecule has 0 radical (unpaired) electrons. The number of nitrogens with zero attached hydrogens (tertiary/aromatic N) is 3. The van der Waals surface area contributed by atoms with Gasteiger partial charge in [-0.1, -0.05) is 26.8 Å². The normalized spacial score (nSPS) is 23.8. The van der Waals surface area contributed by atoms with Crippen molar-refractivity contribution in [2.75, 3.05) is 26.7 Å². The van der Waals surface area contributed by atoms with Crippen LogP contribution in [0.25, 0.3) is 10.8 Å². The molecule has 2 saturated carbocycles. The van der Waals surface area contributed by atoms with E-state index < -0.39 is 74.1 Å². The third kappa shape index (κ3) is 7.52. The van der Waals surface area contributed by atoms with Gasteiger partial charge in [-0.2, -0.15) is 0 Å². The summed E-state index contributed by atoms with van der Waals surface area (Å²) in [6, 6.07) is 4.71. The summed E-state index contributed by atoms with van der Waals surface area (Å²) in [5.41, 5.74) is -2.29. The lowest BCUT2D eigenvalue weighted by molar-refractivity contribution is -0.142. The Balaban J connectivity index is 1.45. The first kappa shape index (κ1) is 36.9. The van der Waals surface area contributed by atoms with E-state index in [0.29, 0.717) is 42.9 Å². The number of hydrogen-bond donors (Lipinski definition) is 3. The van der Waals surface area contributed by atoms with Crippen LogP contribution in [0.1, 0.15) is 60.3 Å². The van der Waals surface area contributed by atoms with Crippen molar-refractivity contribution < 1.29 is 37.1 Å². The topological polar surface area (TPSA) is 176 Å². The summed E-state index contributed by atoms with van der Waals surface area (Å²) < 4.78 is 39.2. The number of carbonyl (C=O) groups is 4. The van der Waals surface area contributed by atoms with Crippen LogP contribution in [0.3, 0.4) is 0 Å². The highest BCUT2D eigenvalue weighted by Crippen LogP contribution is 2.45. The standard InChI is InChI=1S/C35H48N6O8S/c1-8-22-19-35(22,32(44)39-50(46,47)25-12-13-25)38-29(42)27-18-24(49-30-26-14-11-23(48-7)17-21(26)15-16-36-30)20-41(27)31(43)28(34(4,5)6)37-33(45)40(9-2)10-3/h8,11,14-17,22,24-25,27-28H,1,9-10,12-13,18-20H2,2-7H3,(H,37,45)(H,38,42)(H,39,44). The van der Waals surface area contributed by atoms with Crippen LogP contribution >= 0.6 is 0 Å². The van der Waals surface area contributed by atoms with E-state index in [1.54, 1.807) is 24.3 Å². The number of benzene rings is 1. The zero-order valence-electron chi connectivity index (χ0n) is 29.5. The number of hydrogen-bond acceptors (Lipinski definition) is 9. The lowest BCUT2D eigenvalue weighted by Crippen LogP contribution is -2.61. The van der Waals surface area contributed by atoms with E-state index in [9.17, 15) is 27.6 Å². The SMILES string of the molecule is C=CC1CC1(NC(=O)C1CC(Oc2nccc3cc(OC)ccc23)CN1C(=O)C(NC(=O)N(CC)CC)C(C)(C)C)C(=O)NS(=O)(=O)C1CC1. The Hall–Kier alpha value is -4.40. The average Bonchev–Trinajstić information content (AvgIpc) is 4.00. The van der Waals surface area contributed by atoms with Gasteiger partial charge in [0, 0.05) is 37.0 Å². The Labute approximate surface area is 293 Å². The van der Waals surface area contributed by atoms with Crippen molar-refractivity contribution in [3.8, 4) is 11.6 Å². The number of carbonyl (C=O) groups excluding carboxylic acids is 4. The van der Waals surface area contributed by atoms with Crippen molar-refractivity contribution >= 4 is 44.5 Å². The van der Waals surface area contributed by atoms with Crippen molar-refractivity contribution in [3.63, 3.8) is 0 Å². The minimum atomic E-state index is -3.89. The molecule has 5 atom stereocenters. The predicted molar refractivity (Wildman–Crippen MR) is 187 cm³/mol. The lowest BCUT2D eigenvalue weighted by atomic mass is 9.85. The summed E-state index contributed by atoms with van der Waals surface area (Å²) in [5, 5.41) is 6.58. The Morgan fingerprint density at radius 2 is 1.86 bits per heavy atom. The molecule has 0 spiro atoms. The molecule has 14 nitrogen and oxygen atoms in total. The highest BCUT2D eigenvalue weighted by Gasteiger charge is 2.62. The maximum absolute atomic E-state index is 14.5. The molecule has 5 rings (SSSR count). The van der Waals surface area contributed by atoms with Gasteiger partial charge in [0.1, 0.15) is 29.5 Å². The van der Waals surface area contributed by atoms with Crippen molar-refractivity contribution in [3.05, 3.63) is 43.1 Å². The van der Waals surface area contributed by atoms with E-state index in [0.717, 1.165) is 5.39 Å². The molecule has 5 amide bonds. The first-order valence-corrected chi connectivity index (χ1v) is 18.6. The van der Waals surface area contributed by atoms with E-state index >= 15 is 0 Å². The maximum Gasteiger partial charge on any atom is 0.318 e. The number of aromatic nitrogens is 1. The van der Waals surface area contributed by atoms with Gasteiger partial charge in [-0.25, -0.2) is 18.2 Å². The lowest BCUT2D eigenvalue weighted by Gasteiger charge is -2.36. The molecule has 5 unspecified atom stereocenters. The molecule has 2 heterocycles. The molecule has 1 saturated heterocycles. The fraction of sp³-hybridized carbons (Fsp3) is 0.571. The van der Waals surface area contributed by atoms with Gasteiger partial charge in [0.25, 0.3) is 5.91 Å². The average molecular weight is 713 g/mol. The molecule has 3 fully saturated rings. The Morgan fingerprint density at radius 3 is 2.44 bits per heavy atom. The van der Waals surface area contributed by atoms with E-state index in [1.807, 2.05) is 52.8 Å². The maximum atomic E-state index is 14.5. The Kier molecular flexibility index (Phi) is 10.4. The van der Waals surface area contributed by atoms with Gasteiger partial charge < -0.3 is 29.9 Å². The van der Waals surface area contributed by atoms with E-state index in [-0.39, 0.29) is 19.4 Å². The van der Waals surface area contributed by atoms with Gasteiger partial charge in [-0.3, -0.25) is 19.1 Å². The number of pyridine rings is 1. The smallest absolute Gasteiger partial charge is 0.318 e. The monoisotopic (exact) mass is 712 g/mol. The molecule has 2 aliphatic carbocycles. The highest BCUT2D eigenvalue weighted by atomic mass is 32.2. The summed E-state index contributed by atoms with van der Waals surface area (Å²) in [7, 11) is -2.31. The zero-order valence-corrected chi connectivity index (χ0v) is 30.3. The molecule has 15 heteroatoms. The predicted octanol–water partition coefficient (Wildman–Crippen LogP) is 2.73. The number of methoxy groups -OCH3 is 1. The quantitative estimate of drug-likeness (QED) is 0.264. The Morgan fingerprint density at radius 1 is 1.16 bits per heavy atom. The van der Waals surface area contributed by atoms with Crippen LogP contribution in [-0.4, -0.2) is 103 Å². The number of fused-ring (bicyclic) bond motifs is 1. The number of likely N-dealkylation sites (tertiary alicyclic amines) is 1. The molecule has 1 aromatic heterocycles. The summed E-state index contributed by atoms with van der Waals surface area (Å²) in [6.45, 7) is 13.8. The van der Waals surface area contributed by atoms with Gasteiger partial charge in [0.05, 0.1) is 18.9 Å². The number of amides is 5. The molecule has 3 aliphatic rings. The van der Waals surface area contributed by atoms with E-state index in [4.69, 9.17) is 9.47 Å². The second kappa shape index (κ2) is 14.1. The van der Waals surface area contributed by atoms with Crippen LogP contribution in [-0.2, 0) is 24.4 Å². The first-order chi connectivity index (χ1) is 23.6. The molecule has 2 aromatic rings. The van der Waals surface area contributed by atoms with Crippen molar-refractivity contribution in [1.82, 2.24) is 30.1 Å². The number of rotatable bonds is 13. The van der Waals surface area contributed by atoms with Crippen molar-refractivity contribution in [2.24, 2.45) is 11.3 Å². The number of nitrogens with one attached hydrogen (secondary N) is 3. The van der Waals surface area contributed by atoms with Crippen LogP contribution in [0.2, 0.25) is 0 Å². The van der Waals surface area contributed by atoms with Gasteiger partial charge >= 0.3 is 6.03 Å².